The second-order valence-electron chi connectivity index (χ2n) is 13.3. The predicted octanol–water partition coefficient (Wildman–Crippen LogP) is 11.2. The van der Waals surface area contributed by atoms with Crippen LogP contribution in [0.1, 0.15) is 0 Å². The van der Waals surface area contributed by atoms with Crippen LogP contribution >= 0.6 is 0 Å². The van der Waals surface area contributed by atoms with Crippen LogP contribution in [0.25, 0.3) is 72.4 Å². The number of hydrogen-bond donors (Lipinski definition) is 0. The zero-order valence-electron chi connectivity index (χ0n) is 28.6. The fourth-order valence-corrected chi connectivity index (χ4v) is 8.55. The third-order valence-electron chi connectivity index (χ3n) is 8.97. The number of furan rings is 1. The van der Waals surface area contributed by atoms with E-state index in [0.717, 1.165) is 72.4 Å². The van der Waals surface area contributed by atoms with Gasteiger partial charge in [-0.15, -0.1) is 18.2 Å². The summed E-state index contributed by atoms with van der Waals surface area (Å²) in [5, 5.41) is 2.17. The number of imidazole rings is 1. The van der Waals surface area contributed by atoms with Crippen molar-refractivity contribution in [1.29, 1.82) is 0 Å². The quantitative estimate of drug-likeness (QED) is 0.128. The maximum absolute atomic E-state index is 6.36. The molecule has 9 aromatic rings. The van der Waals surface area contributed by atoms with Gasteiger partial charge in [-0.1, -0.05) is 89.8 Å². The largest absolute Gasteiger partial charge is 0.501 e. The van der Waals surface area contributed by atoms with Crippen molar-refractivity contribution in [2.45, 2.75) is 17.3 Å². The third kappa shape index (κ3) is 6.85. The van der Waals surface area contributed by atoms with Crippen molar-refractivity contribution in [3.05, 3.63) is 170 Å². The summed E-state index contributed by atoms with van der Waals surface area (Å²) in [7, 11) is 0. The molecule has 0 saturated heterocycles. The standard InChI is InChI=1S/C31H19N2O.C14H16GeN.Ir/c1-2-11-21(12-3-1)22-13-4-7-18-27(22)33-28-19-8-6-17-26(28)32-31(33)25-16-10-15-24-23-14-5-9-20-29(23)34-30(24)25;1-15(2,3)13-9-10-14(16-11-13)12-7-5-4-6-8-12;/h1-15,17-20H;4-7,9-11H,1-3H3;/q2*-1;. The van der Waals surface area contributed by atoms with E-state index in [1.165, 1.54) is 4.40 Å². The zero-order valence-corrected chi connectivity index (χ0v) is 33.1. The molecule has 6 heteroatoms. The Labute approximate surface area is 314 Å². The van der Waals surface area contributed by atoms with Crippen molar-refractivity contribution >= 4 is 50.6 Å². The van der Waals surface area contributed by atoms with Crippen LogP contribution in [0.15, 0.2) is 162 Å². The molecule has 9 rings (SSSR count). The van der Waals surface area contributed by atoms with Gasteiger partial charge in [-0.3, -0.25) is 4.98 Å². The van der Waals surface area contributed by atoms with Gasteiger partial charge in [0.1, 0.15) is 5.58 Å². The van der Waals surface area contributed by atoms with Crippen LogP contribution < -0.4 is 4.40 Å². The Kier molecular flexibility index (Phi) is 9.88. The van der Waals surface area contributed by atoms with Crippen LogP contribution in [0.2, 0.25) is 17.3 Å². The van der Waals surface area contributed by atoms with Gasteiger partial charge < -0.3 is 8.98 Å². The zero-order chi connectivity index (χ0) is 34.1. The van der Waals surface area contributed by atoms with Gasteiger partial charge in [-0.25, -0.2) is 0 Å². The smallest absolute Gasteiger partial charge is 0.120 e. The Balaban J connectivity index is 0.000000202. The van der Waals surface area contributed by atoms with Crippen LogP contribution in [0.4, 0.5) is 0 Å². The summed E-state index contributed by atoms with van der Waals surface area (Å²) in [6, 6.07) is 58.3. The molecule has 0 saturated carbocycles. The monoisotopic (exact) mass is 900 g/mol. The Morgan fingerprint density at radius 2 is 1.39 bits per heavy atom. The molecule has 0 atom stereocenters. The molecular formula is C45H35GeIrN3O-2. The molecule has 0 fully saturated rings. The topological polar surface area (TPSA) is 43.9 Å². The predicted molar refractivity (Wildman–Crippen MR) is 210 cm³/mol. The second-order valence-corrected chi connectivity index (χ2v) is 23.9. The van der Waals surface area contributed by atoms with Crippen LogP contribution in [0.3, 0.4) is 0 Å². The molecule has 3 aromatic heterocycles. The van der Waals surface area contributed by atoms with Gasteiger partial charge in [0, 0.05) is 36.7 Å². The van der Waals surface area contributed by atoms with Crippen molar-refractivity contribution < 1.29 is 24.5 Å². The van der Waals surface area contributed by atoms with Crippen LogP contribution in [0, 0.1) is 12.1 Å². The van der Waals surface area contributed by atoms with Gasteiger partial charge in [0.05, 0.1) is 22.4 Å². The van der Waals surface area contributed by atoms with Crippen molar-refractivity contribution in [1.82, 2.24) is 14.5 Å². The Bertz CT molecular complexity index is 2570. The minimum atomic E-state index is -1.72. The van der Waals surface area contributed by atoms with E-state index in [2.05, 4.69) is 130 Å². The summed E-state index contributed by atoms with van der Waals surface area (Å²) >= 11 is -1.72. The van der Waals surface area contributed by atoms with Gasteiger partial charge in [0.2, 0.25) is 0 Å². The van der Waals surface area contributed by atoms with Crippen molar-refractivity contribution in [3.63, 3.8) is 0 Å². The number of fused-ring (bicyclic) bond motifs is 4. The Hall–Kier alpha value is -5.07. The average Bonchev–Trinajstić information content (AvgIpc) is 3.74. The summed E-state index contributed by atoms with van der Waals surface area (Å²) in [6.07, 6.45) is 2.04. The first kappa shape index (κ1) is 34.4. The number of hydrogen-bond acceptors (Lipinski definition) is 3. The Morgan fingerprint density at radius 3 is 2.18 bits per heavy atom. The minimum Gasteiger partial charge on any atom is -0.501 e. The molecule has 6 aromatic carbocycles. The van der Waals surface area contributed by atoms with Crippen LogP contribution in [0.5, 0.6) is 0 Å². The van der Waals surface area contributed by atoms with E-state index < -0.39 is 13.3 Å². The van der Waals surface area contributed by atoms with Gasteiger partial charge in [-0.05, 0) is 29.8 Å². The van der Waals surface area contributed by atoms with E-state index >= 15 is 0 Å². The number of pyridine rings is 1. The summed E-state index contributed by atoms with van der Waals surface area (Å²) in [4.78, 5) is 9.62. The molecular weight excluding hydrogens is 863 g/mol. The van der Waals surface area contributed by atoms with E-state index in [-0.39, 0.29) is 20.1 Å². The molecule has 0 spiro atoms. The van der Waals surface area contributed by atoms with E-state index in [1.54, 1.807) is 0 Å². The van der Waals surface area contributed by atoms with Crippen LogP contribution in [-0.4, -0.2) is 27.8 Å². The molecule has 0 aliphatic carbocycles. The molecule has 0 bridgehead atoms. The van der Waals surface area contributed by atoms with Gasteiger partial charge in [0.15, 0.2) is 0 Å². The molecule has 3 heterocycles. The molecule has 4 nitrogen and oxygen atoms in total. The first-order valence-electron chi connectivity index (χ1n) is 16.8. The van der Waals surface area contributed by atoms with Crippen molar-refractivity contribution in [2.75, 3.05) is 0 Å². The number of para-hydroxylation sites is 4. The molecule has 0 amide bonds. The SMILES string of the molecule is [CH3][Ge]([CH3])([CH3])[c]1ccc(-c2[c-]cccc2)nc1.[Ir].[c-]1ccc2c(oc3ccccc32)c1-c1nc2ccccc2n1-c1ccccc1-c1ccccc1. The summed E-state index contributed by atoms with van der Waals surface area (Å²) in [6.45, 7) is 0. The van der Waals surface area contributed by atoms with E-state index in [0.29, 0.717) is 0 Å². The van der Waals surface area contributed by atoms with Gasteiger partial charge in [0.25, 0.3) is 0 Å². The normalized spacial score (nSPS) is 11.3. The number of rotatable bonds is 5. The number of aromatic nitrogens is 3. The summed E-state index contributed by atoms with van der Waals surface area (Å²) < 4.78 is 10.0. The molecule has 0 N–H and O–H groups in total. The van der Waals surface area contributed by atoms with Crippen molar-refractivity contribution in [3.8, 4) is 39.5 Å². The molecule has 251 valence electrons. The van der Waals surface area contributed by atoms with E-state index in [9.17, 15) is 0 Å². The fraction of sp³-hybridized carbons (Fsp3) is 0.0667. The molecule has 0 aliphatic heterocycles. The second kappa shape index (κ2) is 14.7. The molecule has 0 aliphatic rings. The Morgan fingerprint density at radius 1 is 0.647 bits per heavy atom. The number of benzene rings is 6. The van der Waals surface area contributed by atoms with Crippen LogP contribution in [-0.2, 0) is 20.1 Å². The third-order valence-corrected chi connectivity index (χ3v) is 13.2. The molecule has 0 unspecified atom stereocenters. The first-order valence-corrected chi connectivity index (χ1v) is 24.2. The van der Waals surface area contributed by atoms with E-state index in [1.807, 2.05) is 66.9 Å². The summed E-state index contributed by atoms with van der Waals surface area (Å²) in [5.41, 5.74) is 9.95. The molecule has 1 radical (unpaired) electrons. The maximum atomic E-state index is 6.36. The fourth-order valence-electron chi connectivity index (χ4n) is 6.37. The first-order chi connectivity index (χ1) is 24.5. The molecule has 51 heavy (non-hydrogen) atoms. The summed E-state index contributed by atoms with van der Waals surface area (Å²) in [5.74, 6) is 7.95. The number of nitrogens with zero attached hydrogens (tertiary/aromatic N) is 3. The van der Waals surface area contributed by atoms with Gasteiger partial charge in [-0.2, -0.15) is 0 Å². The average molecular weight is 899 g/mol. The van der Waals surface area contributed by atoms with Gasteiger partial charge >= 0.3 is 99.8 Å². The van der Waals surface area contributed by atoms with E-state index in [4.69, 9.17) is 9.40 Å². The minimum absolute atomic E-state index is 0. The van der Waals surface area contributed by atoms with Crippen molar-refractivity contribution in [2.24, 2.45) is 0 Å². The maximum Gasteiger partial charge on any atom is 0.120 e.